The predicted octanol–water partition coefficient (Wildman–Crippen LogP) is 5.64. The van der Waals surface area contributed by atoms with E-state index >= 15 is 0 Å². The number of benzene rings is 1. The van der Waals surface area contributed by atoms with Crippen LogP contribution in [0.2, 0.25) is 0 Å². The van der Waals surface area contributed by atoms with Crippen LogP contribution in [0, 0.1) is 5.92 Å². The Morgan fingerprint density at radius 3 is 2.32 bits per heavy atom. The quantitative estimate of drug-likeness (QED) is 0.314. The number of aromatic nitrogens is 2. The Morgan fingerprint density at radius 2 is 1.73 bits per heavy atom. The maximum Gasteiger partial charge on any atom is 0.182 e. The van der Waals surface area contributed by atoms with Crippen LogP contribution in [-0.4, -0.2) is 63.3 Å². The van der Waals surface area contributed by atoms with Crippen LogP contribution in [0.5, 0.6) is 11.5 Å². The topological polar surface area (TPSA) is 54.2 Å². The molecule has 1 saturated heterocycles. The SMILES string of the molecule is CCOCc1cc(OC)c(-c2cccc3c([N+](C)(CC4CC4)C4CCOCC4)c(CC)nn23)c(OC)c1. The average Bonchev–Trinajstić information content (AvgIpc) is 3.66. The normalized spacial score (nSPS) is 18.2. The van der Waals surface area contributed by atoms with Crippen molar-refractivity contribution in [3.8, 4) is 22.8 Å². The predicted molar refractivity (Wildman–Crippen MR) is 148 cm³/mol. The van der Waals surface area contributed by atoms with Crippen LogP contribution >= 0.6 is 0 Å². The highest BCUT2D eigenvalue weighted by molar-refractivity contribution is 5.82. The zero-order chi connectivity index (χ0) is 26.0. The van der Waals surface area contributed by atoms with E-state index in [2.05, 4.69) is 36.7 Å². The molecule has 2 aromatic heterocycles. The van der Waals surface area contributed by atoms with Gasteiger partial charge in [0.2, 0.25) is 0 Å². The fourth-order valence-electron chi connectivity index (χ4n) is 6.12. The number of fused-ring (bicyclic) bond motifs is 1. The zero-order valence-corrected chi connectivity index (χ0v) is 23.1. The molecular formula is C30H42N3O4+. The van der Waals surface area contributed by atoms with Crippen molar-refractivity contribution in [3.05, 3.63) is 41.6 Å². The third-order valence-electron chi connectivity index (χ3n) is 8.17. The Hall–Kier alpha value is -2.61. The van der Waals surface area contributed by atoms with Gasteiger partial charge in [-0.1, -0.05) is 13.0 Å². The summed E-state index contributed by atoms with van der Waals surface area (Å²) in [6.45, 7) is 8.26. The van der Waals surface area contributed by atoms with Crippen molar-refractivity contribution in [1.29, 1.82) is 0 Å². The third kappa shape index (κ3) is 4.97. The molecule has 3 aromatic rings. The standard InChI is InChI=1S/C30H42N3O4/c1-6-24-30(33(3,19-21-11-12-21)23-13-15-37-16-14-23)26-10-8-9-25(32(26)31-24)29-27(34-4)17-22(20-36-7-2)18-28(29)35-5/h8-10,17-18,21,23H,6-7,11-16,19-20H2,1-5H3/q+1. The molecule has 1 unspecified atom stereocenters. The molecule has 1 saturated carbocycles. The number of pyridine rings is 1. The lowest BCUT2D eigenvalue weighted by Gasteiger charge is -2.43. The molecule has 1 aliphatic heterocycles. The molecule has 2 aliphatic rings. The van der Waals surface area contributed by atoms with E-state index in [9.17, 15) is 0 Å². The fraction of sp³-hybridized carbons (Fsp3) is 0.567. The van der Waals surface area contributed by atoms with Gasteiger partial charge >= 0.3 is 0 Å². The monoisotopic (exact) mass is 508 g/mol. The van der Waals surface area contributed by atoms with Gasteiger partial charge < -0.3 is 18.9 Å². The number of hydrogen-bond donors (Lipinski definition) is 0. The van der Waals surface area contributed by atoms with Gasteiger partial charge in [0.15, 0.2) is 5.69 Å². The van der Waals surface area contributed by atoms with Crippen LogP contribution in [0.3, 0.4) is 0 Å². The largest absolute Gasteiger partial charge is 0.496 e. The number of nitrogens with zero attached hydrogens (tertiary/aromatic N) is 3. The fourth-order valence-corrected chi connectivity index (χ4v) is 6.12. The van der Waals surface area contributed by atoms with Gasteiger partial charge in [-0.15, -0.1) is 0 Å². The second kappa shape index (κ2) is 11.0. The molecule has 2 fully saturated rings. The molecule has 0 bridgehead atoms. The Balaban J connectivity index is 1.69. The summed E-state index contributed by atoms with van der Waals surface area (Å²) in [6.07, 6.45) is 5.75. The van der Waals surface area contributed by atoms with Gasteiger partial charge in [-0.25, -0.2) is 4.52 Å². The van der Waals surface area contributed by atoms with E-state index in [-0.39, 0.29) is 0 Å². The minimum absolute atomic E-state index is 0.516. The van der Waals surface area contributed by atoms with Gasteiger partial charge in [0.1, 0.15) is 22.7 Å². The number of methoxy groups -OCH3 is 2. The van der Waals surface area contributed by atoms with Crippen LogP contribution in [0.1, 0.15) is 50.8 Å². The highest BCUT2D eigenvalue weighted by Crippen LogP contribution is 2.45. The Labute approximate surface area is 220 Å². The first-order valence-electron chi connectivity index (χ1n) is 13.8. The van der Waals surface area contributed by atoms with Crippen molar-refractivity contribution < 1.29 is 18.9 Å². The molecule has 0 N–H and O–H groups in total. The molecule has 37 heavy (non-hydrogen) atoms. The molecular weight excluding hydrogens is 466 g/mol. The molecule has 1 aliphatic carbocycles. The Bertz CT molecular complexity index is 1200. The van der Waals surface area contributed by atoms with Crippen LogP contribution in [0.4, 0.5) is 5.69 Å². The summed E-state index contributed by atoms with van der Waals surface area (Å²) in [4.78, 5) is 0. The smallest absolute Gasteiger partial charge is 0.182 e. The molecule has 1 atom stereocenters. The highest BCUT2D eigenvalue weighted by Gasteiger charge is 2.44. The van der Waals surface area contributed by atoms with Gasteiger partial charge in [0.05, 0.1) is 64.9 Å². The molecule has 200 valence electrons. The first kappa shape index (κ1) is 26.0. The molecule has 5 rings (SSSR count). The second-order valence-electron chi connectivity index (χ2n) is 10.6. The van der Waals surface area contributed by atoms with E-state index in [1.807, 2.05) is 19.1 Å². The first-order chi connectivity index (χ1) is 18.0. The minimum Gasteiger partial charge on any atom is -0.496 e. The van der Waals surface area contributed by atoms with Crippen molar-refractivity contribution in [1.82, 2.24) is 14.1 Å². The lowest BCUT2D eigenvalue weighted by molar-refractivity contribution is 0.0436. The lowest BCUT2D eigenvalue weighted by Crippen LogP contribution is -2.57. The number of aryl methyl sites for hydroxylation is 1. The van der Waals surface area contributed by atoms with Crippen LogP contribution < -0.4 is 14.0 Å². The van der Waals surface area contributed by atoms with Crippen LogP contribution in [-0.2, 0) is 22.5 Å². The summed E-state index contributed by atoms with van der Waals surface area (Å²) in [5, 5.41) is 5.25. The van der Waals surface area contributed by atoms with E-state index in [4.69, 9.17) is 24.0 Å². The average molecular weight is 509 g/mol. The van der Waals surface area contributed by atoms with Gasteiger partial charge in [-0.2, -0.15) is 5.10 Å². The summed E-state index contributed by atoms with van der Waals surface area (Å²) in [5.74, 6) is 2.32. The van der Waals surface area contributed by atoms with E-state index < -0.39 is 0 Å². The minimum atomic E-state index is 0.516. The molecule has 1 aromatic carbocycles. The molecule has 0 radical (unpaired) electrons. The second-order valence-corrected chi connectivity index (χ2v) is 10.6. The summed E-state index contributed by atoms with van der Waals surface area (Å²) in [5.41, 5.74) is 6.62. The van der Waals surface area contributed by atoms with Crippen molar-refractivity contribution in [2.75, 3.05) is 47.6 Å². The van der Waals surface area contributed by atoms with E-state index in [0.717, 1.165) is 71.2 Å². The van der Waals surface area contributed by atoms with Gasteiger partial charge in [0, 0.05) is 25.4 Å². The number of quaternary nitrogens is 1. The molecule has 3 heterocycles. The molecule has 0 amide bonds. The maximum absolute atomic E-state index is 5.90. The summed E-state index contributed by atoms with van der Waals surface area (Å²) >= 11 is 0. The number of rotatable bonds is 11. The molecule has 7 nitrogen and oxygen atoms in total. The molecule has 0 spiro atoms. The van der Waals surface area contributed by atoms with Crippen LogP contribution in [0.15, 0.2) is 30.3 Å². The Morgan fingerprint density at radius 1 is 1.03 bits per heavy atom. The first-order valence-corrected chi connectivity index (χ1v) is 13.8. The maximum atomic E-state index is 5.90. The van der Waals surface area contributed by atoms with Crippen molar-refractivity contribution in [2.45, 2.75) is 58.6 Å². The summed E-state index contributed by atoms with van der Waals surface area (Å²) in [7, 11) is 5.87. The van der Waals surface area contributed by atoms with Gasteiger partial charge in [0.25, 0.3) is 0 Å². The van der Waals surface area contributed by atoms with Gasteiger partial charge in [-0.3, -0.25) is 4.48 Å². The third-order valence-corrected chi connectivity index (χ3v) is 8.17. The van der Waals surface area contributed by atoms with Crippen molar-refractivity contribution in [2.24, 2.45) is 5.92 Å². The summed E-state index contributed by atoms with van der Waals surface area (Å²) < 4.78 is 26.3. The van der Waals surface area contributed by atoms with E-state index in [1.165, 1.54) is 36.3 Å². The van der Waals surface area contributed by atoms with Crippen LogP contribution in [0.25, 0.3) is 16.8 Å². The number of ether oxygens (including phenoxy) is 4. The highest BCUT2D eigenvalue weighted by atomic mass is 16.5. The van der Waals surface area contributed by atoms with Gasteiger partial charge in [-0.05, 0) is 56.0 Å². The van der Waals surface area contributed by atoms with Crippen molar-refractivity contribution >= 4 is 11.2 Å². The van der Waals surface area contributed by atoms with Crippen molar-refractivity contribution in [3.63, 3.8) is 0 Å². The molecule has 7 heteroatoms. The zero-order valence-electron chi connectivity index (χ0n) is 23.1. The van der Waals surface area contributed by atoms with E-state index in [0.29, 0.717) is 19.3 Å². The number of hydrogen-bond acceptors (Lipinski definition) is 5. The summed E-state index contributed by atoms with van der Waals surface area (Å²) in [6, 6.07) is 11.1. The Kier molecular flexibility index (Phi) is 7.75. The van der Waals surface area contributed by atoms with E-state index in [1.54, 1.807) is 14.2 Å². The lowest BCUT2D eigenvalue weighted by atomic mass is 10.0.